The molecular formula is C14H18IN3O. The Morgan fingerprint density at radius 1 is 1.37 bits per heavy atom. The molecule has 0 saturated heterocycles. The van der Waals surface area contributed by atoms with Gasteiger partial charge in [0.1, 0.15) is 5.69 Å². The fourth-order valence-electron chi connectivity index (χ4n) is 2.19. The maximum Gasteiger partial charge on any atom is 0.161 e. The summed E-state index contributed by atoms with van der Waals surface area (Å²) in [4.78, 5) is 0. The van der Waals surface area contributed by atoms with Gasteiger partial charge >= 0.3 is 0 Å². The maximum atomic E-state index is 5.43. The van der Waals surface area contributed by atoms with Crippen molar-refractivity contribution in [2.75, 3.05) is 14.2 Å². The Kier molecular flexibility index (Phi) is 4.81. The van der Waals surface area contributed by atoms with Crippen LogP contribution in [0.3, 0.4) is 0 Å². The van der Waals surface area contributed by atoms with E-state index >= 15 is 0 Å². The molecule has 1 atom stereocenters. The van der Waals surface area contributed by atoms with Crippen LogP contribution in [0.5, 0.6) is 5.75 Å². The number of aryl methyl sites for hydroxylation is 1. The molecule has 0 fully saturated rings. The number of ether oxygens (including phenoxy) is 1. The molecule has 0 radical (unpaired) electrons. The van der Waals surface area contributed by atoms with Crippen LogP contribution in [0.15, 0.2) is 30.5 Å². The highest BCUT2D eigenvalue weighted by Crippen LogP contribution is 2.30. The second kappa shape index (κ2) is 6.38. The van der Waals surface area contributed by atoms with Gasteiger partial charge in [-0.3, -0.25) is 4.68 Å². The lowest BCUT2D eigenvalue weighted by Gasteiger charge is -2.19. The summed E-state index contributed by atoms with van der Waals surface area (Å²) in [6, 6.07) is 8.57. The molecule has 4 nitrogen and oxygen atoms in total. The number of hydrogen-bond donors (Lipinski definition) is 1. The zero-order chi connectivity index (χ0) is 13.8. The van der Waals surface area contributed by atoms with Crippen LogP contribution in [0.25, 0.3) is 0 Å². The van der Waals surface area contributed by atoms with Crippen LogP contribution in [0.2, 0.25) is 0 Å². The molecule has 0 amide bonds. The zero-order valence-corrected chi connectivity index (χ0v) is 13.5. The third-order valence-corrected chi connectivity index (χ3v) is 3.85. The lowest BCUT2D eigenvalue weighted by atomic mass is 10.0. The maximum absolute atomic E-state index is 5.43. The molecular weight excluding hydrogens is 353 g/mol. The Morgan fingerprint density at radius 2 is 2.05 bits per heavy atom. The predicted octanol–water partition coefficient (Wildman–Crippen LogP) is 2.83. The van der Waals surface area contributed by atoms with Gasteiger partial charge in [0.25, 0.3) is 0 Å². The van der Waals surface area contributed by atoms with Crippen LogP contribution < -0.4 is 10.1 Å². The largest absolute Gasteiger partial charge is 0.493 e. The highest BCUT2D eigenvalue weighted by Gasteiger charge is 2.21. The van der Waals surface area contributed by atoms with Crippen molar-refractivity contribution in [1.82, 2.24) is 15.1 Å². The van der Waals surface area contributed by atoms with Gasteiger partial charge < -0.3 is 10.1 Å². The lowest BCUT2D eigenvalue weighted by molar-refractivity contribution is 0.401. The second-order valence-corrected chi connectivity index (χ2v) is 5.43. The fraction of sp³-hybridized carbons (Fsp3) is 0.357. The van der Waals surface area contributed by atoms with E-state index in [-0.39, 0.29) is 6.04 Å². The Morgan fingerprint density at radius 3 is 2.58 bits per heavy atom. The summed E-state index contributed by atoms with van der Waals surface area (Å²) < 4.78 is 8.63. The standard InChI is InChI=1S/C14H18IN3O/c1-4-18-14(12(19-3)9-17-18)13(16-2)10-5-7-11(15)8-6-10/h5-9,13,16H,4H2,1-3H3. The summed E-state index contributed by atoms with van der Waals surface area (Å²) >= 11 is 2.31. The average Bonchev–Trinajstić information content (AvgIpc) is 2.85. The second-order valence-electron chi connectivity index (χ2n) is 4.19. The third-order valence-electron chi connectivity index (χ3n) is 3.13. The molecule has 102 valence electrons. The van der Waals surface area contributed by atoms with Gasteiger partial charge in [-0.25, -0.2) is 0 Å². The van der Waals surface area contributed by atoms with Crippen molar-refractivity contribution in [3.05, 3.63) is 45.3 Å². The number of methoxy groups -OCH3 is 1. The van der Waals surface area contributed by atoms with Gasteiger partial charge in [0.05, 0.1) is 19.3 Å². The summed E-state index contributed by atoms with van der Waals surface area (Å²) in [6.45, 7) is 2.90. The first-order valence-electron chi connectivity index (χ1n) is 6.23. The molecule has 0 bridgehead atoms. The molecule has 1 N–H and O–H groups in total. The van der Waals surface area contributed by atoms with Crippen molar-refractivity contribution in [1.29, 1.82) is 0 Å². The molecule has 1 aromatic carbocycles. The number of nitrogens with one attached hydrogen (secondary N) is 1. The highest BCUT2D eigenvalue weighted by molar-refractivity contribution is 14.1. The van der Waals surface area contributed by atoms with Crippen molar-refractivity contribution in [3.8, 4) is 5.75 Å². The molecule has 1 heterocycles. The van der Waals surface area contributed by atoms with E-state index in [1.54, 1.807) is 13.3 Å². The van der Waals surface area contributed by atoms with Crippen LogP contribution in [0.4, 0.5) is 0 Å². The Bertz CT molecular complexity index is 515. The van der Waals surface area contributed by atoms with Gasteiger partial charge in [0, 0.05) is 10.1 Å². The quantitative estimate of drug-likeness (QED) is 0.822. The molecule has 2 aromatic rings. The summed E-state index contributed by atoms with van der Waals surface area (Å²) in [6.07, 6.45) is 1.77. The third kappa shape index (κ3) is 2.92. The van der Waals surface area contributed by atoms with Crippen LogP contribution in [0, 0.1) is 3.57 Å². The van der Waals surface area contributed by atoms with E-state index in [0.717, 1.165) is 18.0 Å². The van der Waals surface area contributed by atoms with Crippen molar-refractivity contribution < 1.29 is 4.74 Å². The fourth-order valence-corrected chi connectivity index (χ4v) is 2.55. The molecule has 19 heavy (non-hydrogen) atoms. The minimum absolute atomic E-state index is 0.0781. The van der Waals surface area contributed by atoms with E-state index in [9.17, 15) is 0 Å². The Balaban J connectivity index is 2.46. The molecule has 5 heteroatoms. The van der Waals surface area contributed by atoms with Crippen LogP contribution in [-0.2, 0) is 6.54 Å². The molecule has 0 aliphatic carbocycles. The van der Waals surface area contributed by atoms with E-state index < -0.39 is 0 Å². The van der Waals surface area contributed by atoms with Crippen molar-refractivity contribution in [2.45, 2.75) is 19.5 Å². The summed E-state index contributed by atoms with van der Waals surface area (Å²) in [5, 5.41) is 7.71. The van der Waals surface area contributed by atoms with Gasteiger partial charge in [-0.1, -0.05) is 12.1 Å². The van der Waals surface area contributed by atoms with E-state index in [0.29, 0.717) is 0 Å². The number of halogens is 1. The van der Waals surface area contributed by atoms with Crippen molar-refractivity contribution >= 4 is 22.6 Å². The Hall–Kier alpha value is -1.08. The van der Waals surface area contributed by atoms with Crippen molar-refractivity contribution in [3.63, 3.8) is 0 Å². The number of hydrogen-bond acceptors (Lipinski definition) is 3. The van der Waals surface area contributed by atoms with Gasteiger partial charge in [0.15, 0.2) is 5.75 Å². The first-order chi connectivity index (χ1) is 9.21. The van der Waals surface area contributed by atoms with Gasteiger partial charge in [-0.05, 0) is 54.3 Å². The minimum Gasteiger partial charge on any atom is -0.493 e. The van der Waals surface area contributed by atoms with Gasteiger partial charge in [-0.15, -0.1) is 0 Å². The average molecular weight is 371 g/mol. The molecule has 0 aliphatic rings. The molecule has 0 spiro atoms. The number of aromatic nitrogens is 2. The van der Waals surface area contributed by atoms with Crippen LogP contribution in [-0.4, -0.2) is 23.9 Å². The lowest BCUT2D eigenvalue weighted by Crippen LogP contribution is -2.22. The van der Waals surface area contributed by atoms with Gasteiger partial charge in [-0.2, -0.15) is 5.10 Å². The Labute approximate surface area is 127 Å². The molecule has 1 unspecified atom stereocenters. The van der Waals surface area contributed by atoms with Gasteiger partial charge in [0.2, 0.25) is 0 Å². The summed E-state index contributed by atoms with van der Waals surface area (Å²) in [7, 11) is 3.64. The topological polar surface area (TPSA) is 39.1 Å². The first-order valence-corrected chi connectivity index (χ1v) is 7.31. The van der Waals surface area contributed by atoms with Crippen LogP contribution in [0.1, 0.15) is 24.2 Å². The van der Waals surface area contributed by atoms with E-state index in [1.165, 1.54) is 9.13 Å². The predicted molar refractivity (Wildman–Crippen MR) is 84.5 cm³/mol. The summed E-state index contributed by atoms with van der Waals surface area (Å²) in [5.41, 5.74) is 2.27. The normalized spacial score (nSPS) is 12.4. The first kappa shape index (κ1) is 14.3. The smallest absolute Gasteiger partial charge is 0.161 e. The minimum atomic E-state index is 0.0781. The van der Waals surface area contributed by atoms with Crippen molar-refractivity contribution in [2.24, 2.45) is 0 Å². The van der Waals surface area contributed by atoms with E-state index in [2.05, 4.69) is 64.2 Å². The number of rotatable bonds is 5. The molecule has 2 rings (SSSR count). The van der Waals surface area contributed by atoms with Crippen LogP contribution >= 0.6 is 22.6 Å². The van der Waals surface area contributed by atoms with E-state index in [1.807, 2.05) is 11.7 Å². The van der Waals surface area contributed by atoms with E-state index in [4.69, 9.17) is 4.74 Å². The monoisotopic (exact) mass is 371 g/mol. The number of nitrogens with zero attached hydrogens (tertiary/aromatic N) is 2. The molecule has 1 aromatic heterocycles. The molecule has 0 saturated carbocycles. The molecule has 0 aliphatic heterocycles. The number of benzene rings is 1. The SMILES string of the molecule is CCn1ncc(OC)c1C(NC)c1ccc(I)cc1. The highest BCUT2D eigenvalue weighted by atomic mass is 127. The summed E-state index contributed by atoms with van der Waals surface area (Å²) in [5.74, 6) is 0.819. The zero-order valence-electron chi connectivity index (χ0n) is 11.4.